The minimum Gasteiger partial charge on any atom is -0.465 e. The molecule has 0 heterocycles. The molecule has 3 nitrogen and oxygen atoms in total. The Hall–Kier alpha value is -1.77. The average molecular weight is 233 g/mol. The van der Waals surface area contributed by atoms with E-state index < -0.39 is 6.09 Å². The predicted molar refractivity (Wildman–Crippen MR) is 71.7 cm³/mol. The second kappa shape index (κ2) is 5.04. The van der Waals surface area contributed by atoms with Crippen LogP contribution < -0.4 is 4.90 Å². The topological polar surface area (TPSA) is 40.5 Å². The van der Waals surface area contributed by atoms with Crippen molar-refractivity contribution in [2.24, 2.45) is 0 Å². The van der Waals surface area contributed by atoms with Crippen LogP contribution in [-0.2, 0) is 0 Å². The molecule has 1 aromatic rings. The van der Waals surface area contributed by atoms with Crippen LogP contribution in [0.3, 0.4) is 0 Å². The summed E-state index contributed by atoms with van der Waals surface area (Å²) in [6, 6.07) is 5.84. The van der Waals surface area contributed by atoms with Crippen molar-refractivity contribution in [2.45, 2.75) is 26.7 Å². The Balaban J connectivity index is 3.35. The summed E-state index contributed by atoms with van der Waals surface area (Å²) in [5, 5.41) is 9.07. The highest BCUT2D eigenvalue weighted by atomic mass is 16.4. The van der Waals surface area contributed by atoms with Crippen molar-refractivity contribution < 1.29 is 9.90 Å². The standard InChI is InChI=1S/C14H19NO2/c1-9(2)11-6-7-12(10(3)4)13(8-11)15(5)14(16)17/h6-8,10H,1H2,2-5H3,(H,16,17). The number of hydrogen-bond acceptors (Lipinski definition) is 1. The van der Waals surface area contributed by atoms with Gasteiger partial charge in [-0.15, -0.1) is 0 Å². The minimum atomic E-state index is -0.953. The van der Waals surface area contributed by atoms with Gasteiger partial charge in [-0.3, -0.25) is 4.90 Å². The number of amides is 1. The summed E-state index contributed by atoms with van der Waals surface area (Å²) in [5.41, 5.74) is 3.66. The van der Waals surface area contributed by atoms with Crippen molar-refractivity contribution in [3.63, 3.8) is 0 Å². The van der Waals surface area contributed by atoms with Crippen molar-refractivity contribution in [1.29, 1.82) is 0 Å². The summed E-state index contributed by atoms with van der Waals surface area (Å²) in [6.45, 7) is 9.89. The van der Waals surface area contributed by atoms with Crippen LogP contribution in [0, 0.1) is 0 Å². The molecule has 0 aliphatic carbocycles. The molecule has 0 aliphatic heterocycles. The van der Waals surface area contributed by atoms with Crippen molar-refractivity contribution in [3.8, 4) is 0 Å². The fourth-order valence-electron chi connectivity index (χ4n) is 1.69. The first-order valence-electron chi connectivity index (χ1n) is 5.61. The van der Waals surface area contributed by atoms with Crippen molar-refractivity contribution >= 4 is 17.4 Å². The summed E-state index contributed by atoms with van der Waals surface area (Å²) >= 11 is 0. The molecule has 92 valence electrons. The quantitative estimate of drug-likeness (QED) is 0.858. The molecule has 1 aromatic carbocycles. The molecular weight excluding hydrogens is 214 g/mol. The second-order valence-corrected chi connectivity index (χ2v) is 4.55. The highest BCUT2D eigenvalue weighted by Crippen LogP contribution is 2.30. The van der Waals surface area contributed by atoms with Crippen LogP contribution in [0.1, 0.15) is 37.8 Å². The monoisotopic (exact) mass is 233 g/mol. The van der Waals surface area contributed by atoms with Gasteiger partial charge in [-0.25, -0.2) is 4.79 Å². The normalized spacial score (nSPS) is 10.4. The van der Waals surface area contributed by atoms with E-state index in [9.17, 15) is 4.79 Å². The van der Waals surface area contributed by atoms with Crippen LogP contribution in [0.2, 0.25) is 0 Å². The average Bonchev–Trinajstić information content (AvgIpc) is 2.26. The first kappa shape index (κ1) is 13.3. The smallest absolute Gasteiger partial charge is 0.411 e. The van der Waals surface area contributed by atoms with E-state index in [1.165, 1.54) is 4.90 Å². The van der Waals surface area contributed by atoms with Crippen LogP contribution in [0.4, 0.5) is 10.5 Å². The zero-order chi connectivity index (χ0) is 13.2. The van der Waals surface area contributed by atoms with Crippen molar-refractivity contribution in [3.05, 3.63) is 35.9 Å². The summed E-state index contributed by atoms with van der Waals surface area (Å²) in [4.78, 5) is 12.3. The third-order valence-corrected chi connectivity index (χ3v) is 2.79. The van der Waals surface area contributed by atoms with E-state index in [2.05, 4.69) is 20.4 Å². The maximum absolute atomic E-state index is 11.1. The SMILES string of the molecule is C=C(C)c1ccc(C(C)C)c(N(C)C(=O)O)c1. The zero-order valence-electron chi connectivity index (χ0n) is 10.8. The van der Waals surface area contributed by atoms with E-state index >= 15 is 0 Å². The van der Waals surface area contributed by atoms with Gasteiger partial charge in [-0.2, -0.15) is 0 Å². The molecule has 0 aromatic heterocycles. The zero-order valence-corrected chi connectivity index (χ0v) is 10.8. The fraction of sp³-hybridized carbons (Fsp3) is 0.357. The Kier molecular flexibility index (Phi) is 3.94. The Morgan fingerprint density at radius 1 is 1.41 bits per heavy atom. The molecule has 0 spiro atoms. The lowest BCUT2D eigenvalue weighted by Crippen LogP contribution is -2.25. The van der Waals surface area contributed by atoms with Crippen molar-refractivity contribution in [2.75, 3.05) is 11.9 Å². The number of benzene rings is 1. The maximum atomic E-state index is 11.1. The van der Waals surface area contributed by atoms with E-state index in [1.54, 1.807) is 7.05 Å². The van der Waals surface area contributed by atoms with Gasteiger partial charge < -0.3 is 5.11 Å². The van der Waals surface area contributed by atoms with Crippen LogP contribution in [-0.4, -0.2) is 18.2 Å². The number of allylic oxidation sites excluding steroid dienone is 1. The van der Waals surface area contributed by atoms with Crippen LogP contribution in [0.15, 0.2) is 24.8 Å². The lowest BCUT2D eigenvalue weighted by molar-refractivity contribution is 0.203. The van der Waals surface area contributed by atoms with Gasteiger partial charge in [0.05, 0.1) is 5.69 Å². The molecule has 1 amide bonds. The number of rotatable bonds is 3. The predicted octanol–water partition coefficient (Wildman–Crippen LogP) is 3.96. The maximum Gasteiger partial charge on any atom is 0.411 e. The molecule has 0 bridgehead atoms. The van der Waals surface area contributed by atoms with Crippen LogP contribution >= 0.6 is 0 Å². The third-order valence-electron chi connectivity index (χ3n) is 2.79. The number of hydrogen-bond donors (Lipinski definition) is 1. The van der Waals surface area contributed by atoms with Crippen LogP contribution in [0.25, 0.3) is 5.57 Å². The molecule has 0 atom stereocenters. The second-order valence-electron chi connectivity index (χ2n) is 4.55. The first-order chi connectivity index (χ1) is 7.84. The van der Waals surface area contributed by atoms with E-state index in [1.807, 2.05) is 25.1 Å². The lowest BCUT2D eigenvalue weighted by atomic mass is 9.97. The van der Waals surface area contributed by atoms with Gasteiger partial charge in [0.1, 0.15) is 0 Å². The van der Waals surface area contributed by atoms with E-state index in [4.69, 9.17) is 5.11 Å². The molecule has 3 heteroatoms. The molecule has 0 fully saturated rings. The molecule has 17 heavy (non-hydrogen) atoms. The molecule has 0 saturated heterocycles. The largest absolute Gasteiger partial charge is 0.465 e. The molecule has 0 unspecified atom stereocenters. The number of carbonyl (C=O) groups is 1. The molecule has 1 N–H and O–H groups in total. The Bertz CT molecular complexity index is 450. The summed E-state index contributed by atoms with van der Waals surface area (Å²) in [6.07, 6.45) is -0.953. The molecule has 0 saturated carbocycles. The number of anilines is 1. The summed E-state index contributed by atoms with van der Waals surface area (Å²) in [5.74, 6) is 0.283. The molecular formula is C14H19NO2. The molecule has 0 aliphatic rings. The van der Waals surface area contributed by atoms with E-state index in [0.29, 0.717) is 0 Å². The van der Waals surface area contributed by atoms with Gasteiger partial charge in [-0.1, -0.05) is 38.1 Å². The van der Waals surface area contributed by atoms with Gasteiger partial charge in [0.2, 0.25) is 0 Å². The Labute approximate surface area is 102 Å². The van der Waals surface area contributed by atoms with Crippen LogP contribution in [0.5, 0.6) is 0 Å². The summed E-state index contributed by atoms with van der Waals surface area (Å²) < 4.78 is 0. The van der Waals surface area contributed by atoms with Gasteiger partial charge in [0.15, 0.2) is 0 Å². The minimum absolute atomic E-state index is 0.283. The Morgan fingerprint density at radius 2 is 2.00 bits per heavy atom. The van der Waals surface area contributed by atoms with Gasteiger partial charge >= 0.3 is 6.09 Å². The van der Waals surface area contributed by atoms with Gasteiger partial charge in [0.25, 0.3) is 0 Å². The third kappa shape index (κ3) is 2.87. The van der Waals surface area contributed by atoms with E-state index in [-0.39, 0.29) is 5.92 Å². The van der Waals surface area contributed by atoms with Gasteiger partial charge in [-0.05, 0) is 30.0 Å². The molecule has 1 rings (SSSR count). The Morgan fingerprint density at radius 3 is 2.41 bits per heavy atom. The highest BCUT2D eigenvalue weighted by molar-refractivity contribution is 5.87. The van der Waals surface area contributed by atoms with E-state index in [0.717, 1.165) is 22.4 Å². The van der Waals surface area contributed by atoms with Crippen molar-refractivity contribution in [1.82, 2.24) is 0 Å². The fourth-order valence-corrected chi connectivity index (χ4v) is 1.69. The first-order valence-corrected chi connectivity index (χ1v) is 5.61. The molecule has 0 radical (unpaired) electrons. The lowest BCUT2D eigenvalue weighted by Gasteiger charge is -2.21. The summed E-state index contributed by atoms with van der Waals surface area (Å²) in [7, 11) is 1.56. The highest BCUT2D eigenvalue weighted by Gasteiger charge is 2.15. The number of nitrogens with zero attached hydrogens (tertiary/aromatic N) is 1. The number of carboxylic acid groups (broad SMARTS) is 1. The van der Waals surface area contributed by atoms with Gasteiger partial charge in [0, 0.05) is 7.05 Å².